The average Bonchev–Trinajstić information content (AvgIpc) is 2.97. The second kappa shape index (κ2) is 7.73. The summed E-state index contributed by atoms with van der Waals surface area (Å²) < 4.78 is 3.28. The van der Waals surface area contributed by atoms with E-state index < -0.39 is 0 Å². The van der Waals surface area contributed by atoms with Gasteiger partial charge in [0.2, 0.25) is 4.77 Å². The first-order valence-corrected chi connectivity index (χ1v) is 9.54. The Morgan fingerprint density at radius 2 is 1.92 bits per heavy atom. The largest absolute Gasteiger partial charge is 0.506 e. The van der Waals surface area contributed by atoms with Gasteiger partial charge < -0.3 is 10.0 Å². The molecule has 134 valence electrons. The van der Waals surface area contributed by atoms with E-state index in [9.17, 15) is 5.11 Å². The molecular formula is C17H15Br2N5OS. The molecular weight excluding hydrogens is 482 g/mol. The smallest absolute Gasteiger partial charge is 0.216 e. The molecule has 0 saturated heterocycles. The fourth-order valence-corrected chi connectivity index (χ4v) is 3.74. The van der Waals surface area contributed by atoms with Gasteiger partial charge in [0.25, 0.3) is 0 Å². The Hall–Kier alpha value is -1.97. The van der Waals surface area contributed by atoms with Gasteiger partial charge in [-0.3, -0.25) is 0 Å². The second-order valence-electron chi connectivity index (χ2n) is 5.68. The van der Waals surface area contributed by atoms with Crippen molar-refractivity contribution in [3.8, 4) is 17.1 Å². The molecule has 0 unspecified atom stereocenters. The number of aromatic amines is 1. The lowest BCUT2D eigenvalue weighted by Crippen LogP contribution is -2.08. The summed E-state index contributed by atoms with van der Waals surface area (Å²) in [6, 6.07) is 11.4. The predicted octanol–water partition coefficient (Wildman–Crippen LogP) is 4.79. The van der Waals surface area contributed by atoms with E-state index in [2.05, 4.69) is 47.2 Å². The lowest BCUT2D eigenvalue weighted by atomic mass is 10.2. The van der Waals surface area contributed by atoms with Crippen molar-refractivity contribution in [3.63, 3.8) is 0 Å². The molecule has 0 saturated carbocycles. The molecule has 0 bridgehead atoms. The molecule has 0 aliphatic rings. The van der Waals surface area contributed by atoms with E-state index in [0.717, 1.165) is 15.7 Å². The van der Waals surface area contributed by atoms with Crippen LogP contribution < -0.4 is 4.90 Å². The molecule has 0 aliphatic heterocycles. The monoisotopic (exact) mass is 495 g/mol. The molecule has 2 aromatic carbocycles. The van der Waals surface area contributed by atoms with Crippen molar-refractivity contribution >= 4 is 56.0 Å². The number of H-pyrrole nitrogens is 1. The molecule has 0 aliphatic carbocycles. The number of anilines is 1. The standard InChI is InChI=1S/C17H15Br2N5OS/c1-23(2)13-5-3-10(4-6-13)16-21-22-17(26)24(16)20-9-11-7-12(18)8-14(19)15(11)25/h3-9,25H,1-2H3,(H,22,26). The van der Waals surface area contributed by atoms with Crippen LogP contribution in [0, 0.1) is 4.77 Å². The Morgan fingerprint density at radius 1 is 1.23 bits per heavy atom. The van der Waals surface area contributed by atoms with Crippen LogP contribution in [0.15, 0.2) is 50.4 Å². The van der Waals surface area contributed by atoms with E-state index in [1.807, 2.05) is 43.3 Å². The highest BCUT2D eigenvalue weighted by molar-refractivity contribution is 9.11. The highest BCUT2D eigenvalue weighted by atomic mass is 79.9. The van der Waals surface area contributed by atoms with Gasteiger partial charge in [-0.2, -0.15) is 14.9 Å². The van der Waals surface area contributed by atoms with Gasteiger partial charge in [-0.1, -0.05) is 15.9 Å². The van der Waals surface area contributed by atoms with Crippen LogP contribution in [0.4, 0.5) is 5.69 Å². The second-order valence-corrected chi connectivity index (χ2v) is 7.83. The molecule has 26 heavy (non-hydrogen) atoms. The number of phenols is 1. The van der Waals surface area contributed by atoms with Crippen LogP contribution in [-0.2, 0) is 0 Å². The van der Waals surface area contributed by atoms with Gasteiger partial charge in [0, 0.05) is 35.4 Å². The maximum absolute atomic E-state index is 10.2. The van der Waals surface area contributed by atoms with Gasteiger partial charge in [0.05, 0.1) is 10.7 Å². The molecule has 3 aromatic rings. The zero-order chi connectivity index (χ0) is 18.8. The molecule has 0 atom stereocenters. The highest BCUT2D eigenvalue weighted by Crippen LogP contribution is 2.30. The minimum absolute atomic E-state index is 0.101. The number of phenolic OH excluding ortho intramolecular Hbond substituents is 1. The zero-order valence-electron chi connectivity index (χ0n) is 13.9. The molecule has 1 aromatic heterocycles. The molecule has 0 spiro atoms. The minimum atomic E-state index is 0.101. The minimum Gasteiger partial charge on any atom is -0.506 e. The van der Waals surface area contributed by atoms with Gasteiger partial charge in [-0.05, 0) is 64.5 Å². The van der Waals surface area contributed by atoms with Gasteiger partial charge in [-0.15, -0.1) is 0 Å². The summed E-state index contributed by atoms with van der Waals surface area (Å²) in [5.41, 5.74) is 2.50. The van der Waals surface area contributed by atoms with Crippen LogP contribution >= 0.6 is 44.1 Å². The topological polar surface area (TPSA) is 69.4 Å². The summed E-state index contributed by atoms with van der Waals surface area (Å²) in [7, 11) is 3.97. The summed E-state index contributed by atoms with van der Waals surface area (Å²) in [6.07, 6.45) is 1.54. The first kappa shape index (κ1) is 18.8. The molecule has 0 radical (unpaired) electrons. The van der Waals surface area contributed by atoms with Crippen LogP contribution in [0.2, 0.25) is 0 Å². The van der Waals surface area contributed by atoms with Crippen molar-refractivity contribution < 1.29 is 5.11 Å². The van der Waals surface area contributed by atoms with E-state index in [0.29, 0.717) is 20.6 Å². The fraction of sp³-hybridized carbons (Fsp3) is 0.118. The summed E-state index contributed by atoms with van der Waals surface area (Å²) in [4.78, 5) is 2.02. The number of nitrogens with zero attached hydrogens (tertiary/aromatic N) is 4. The number of rotatable bonds is 4. The van der Waals surface area contributed by atoms with Crippen molar-refractivity contribution in [2.24, 2.45) is 5.10 Å². The average molecular weight is 497 g/mol. The third kappa shape index (κ3) is 3.89. The summed E-state index contributed by atoms with van der Waals surface area (Å²) in [5.74, 6) is 0.689. The third-order valence-corrected chi connectivity index (χ3v) is 4.99. The van der Waals surface area contributed by atoms with Crippen molar-refractivity contribution in [1.82, 2.24) is 14.9 Å². The Balaban J connectivity index is 2.00. The molecule has 1 heterocycles. The molecule has 9 heteroatoms. The van der Waals surface area contributed by atoms with Crippen molar-refractivity contribution in [1.29, 1.82) is 0 Å². The van der Waals surface area contributed by atoms with E-state index in [4.69, 9.17) is 12.2 Å². The van der Waals surface area contributed by atoms with E-state index in [1.54, 1.807) is 12.1 Å². The Bertz CT molecular complexity index is 1020. The Morgan fingerprint density at radius 3 is 2.58 bits per heavy atom. The number of nitrogens with one attached hydrogen (secondary N) is 1. The number of aromatic hydroxyl groups is 1. The number of hydrogen-bond acceptors (Lipinski definition) is 5. The SMILES string of the molecule is CN(C)c1ccc(-c2n[nH]c(=S)n2N=Cc2cc(Br)cc(Br)c2O)cc1. The van der Waals surface area contributed by atoms with E-state index in [1.165, 1.54) is 10.9 Å². The summed E-state index contributed by atoms with van der Waals surface area (Å²) in [5, 5.41) is 21.6. The van der Waals surface area contributed by atoms with Crippen molar-refractivity contribution in [2.75, 3.05) is 19.0 Å². The normalized spacial score (nSPS) is 11.2. The van der Waals surface area contributed by atoms with Gasteiger partial charge >= 0.3 is 0 Å². The van der Waals surface area contributed by atoms with Gasteiger partial charge in [0.15, 0.2) is 5.82 Å². The predicted molar refractivity (Wildman–Crippen MR) is 114 cm³/mol. The van der Waals surface area contributed by atoms with Gasteiger partial charge in [-0.25, -0.2) is 5.10 Å². The number of hydrogen-bond donors (Lipinski definition) is 2. The molecule has 2 N–H and O–H groups in total. The molecule has 0 fully saturated rings. The summed E-state index contributed by atoms with van der Waals surface area (Å²) >= 11 is 12.0. The fourth-order valence-electron chi connectivity index (χ4n) is 2.30. The van der Waals surface area contributed by atoms with Crippen LogP contribution in [0.3, 0.4) is 0 Å². The maximum Gasteiger partial charge on any atom is 0.216 e. The Kier molecular flexibility index (Phi) is 5.59. The van der Waals surface area contributed by atoms with E-state index in [-0.39, 0.29) is 5.75 Å². The Labute approximate surface area is 172 Å². The molecule has 6 nitrogen and oxygen atoms in total. The molecule has 0 amide bonds. The first-order valence-electron chi connectivity index (χ1n) is 7.54. The number of halogens is 2. The van der Waals surface area contributed by atoms with Crippen LogP contribution in [0.5, 0.6) is 5.75 Å². The van der Waals surface area contributed by atoms with Crippen molar-refractivity contribution in [2.45, 2.75) is 0 Å². The molecule has 3 rings (SSSR count). The van der Waals surface area contributed by atoms with Crippen LogP contribution in [0.25, 0.3) is 11.4 Å². The lowest BCUT2D eigenvalue weighted by molar-refractivity contribution is 0.471. The first-order chi connectivity index (χ1) is 12.4. The number of aromatic nitrogens is 3. The summed E-state index contributed by atoms with van der Waals surface area (Å²) in [6.45, 7) is 0. The van der Waals surface area contributed by atoms with Crippen molar-refractivity contribution in [3.05, 3.63) is 55.7 Å². The quantitative estimate of drug-likeness (QED) is 0.402. The lowest BCUT2D eigenvalue weighted by Gasteiger charge is -2.12. The third-order valence-electron chi connectivity index (χ3n) is 3.66. The van der Waals surface area contributed by atoms with Crippen LogP contribution in [0.1, 0.15) is 5.56 Å². The zero-order valence-corrected chi connectivity index (χ0v) is 17.9. The highest BCUT2D eigenvalue weighted by Gasteiger charge is 2.10. The maximum atomic E-state index is 10.2. The number of benzene rings is 2. The van der Waals surface area contributed by atoms with Crippen LogP contribution in [-0.4, -0.2) is 40.3 Å². The van der Waals surface area contributed by atoms with E-state index >= 15 is 0 Å². The van der Waals surface area contributed by atoms with Gasteiger partial charge in [0.1, 0.15) is 5.75 Å².